The van der Waals surface area contributed by atoms with Crippen LogP contribution in [0.15, 0.2) is 42.9 Å². The zero-order chi connectivity index (χ0) is 14.7. The van der Waals surface area contributed by atoms with Gasteiger partial charge in [0.1, 0.15) is 0 Å². The molecule has 0 radical (unpaired) electrons. The molecule has 0 fully saturated rings. The Morgan fingerprint density at radius 1 is 1.19 bits per heavy atom. The van der Waals surface area contributed by atoms with Gasteiger partial charge in [0.05, 0.1) is 28.0 Å². The van der Waals surface area contributed by atoms with Gasteiger partial charge < -0.3 is 0 Å². The number of anilines is 1. The molecular weight excluding hydrogens is 286 g/mol. The molecule has 3 aromatic heterocycles. The van der Waals surface area contributed by atoms with Gasteiger partial charge in [0.15, 0.2) is 5.13 Å². The first kappa shape index (κ1) is 13.3. The molecule has 0 aliphatic heterocycles. The van der Waals surface area contributed by atoms with Crippen LogP contribution >= 0.6 is 11.3 Å². The average Bonchev–Trinajstić information content (AvgIpc) is 2.97. The van der Waals surface area contributed by atoms with Crippen molar-refractivity contribution in [1.82, 2.24) is 20.2 Å². The second-order valence-corrected chi connectivity index (χ2v) is 5.26. The molecule has 3 aromatic rings. The number of nitrogens with zero attached hydrogens (tertiary/aromatic N) is 4. The Labute approximate surface area is 124 Å². The summed E-state index contributed by atoms with van der Waals surface area (Å²) in [6.07, 6.45) is 4.91. The molecule has 0 atom stereocenters. The van der Waals surface area contributed by atoms with E-state index >= 15 is 0 Å². The molecule has 21 heavy (non-hydrogen) atoms. The fourth-order valence-electron chi connectivity index (χ4n) is 1.77. The van der Waals surface area contributed by atoms with E-state index in [0.29, 0.717) is 16.4 Å². The molecule has 0 aliphatic rings. The number of aromatic nitrogens is 4. The molecule has 0 bridgehead atoms. The number of carbonyl (C=O) groups excluding carboxylic acids is 1. The highest BCUT2D eigenvalue weighted by molar-refractivity contribution is 7.19. The predicted octanol–water partition coefficient (Wildman–Crippen LogP) is 2.56. The second-order valence-electron chi connectivity index (χ2n) is 4.23. The van der Waals surface area contributed by atoms with E-state index in [1.54, 1.807) is 25.4 Å². The van der Waals surface area contributed by atoms with Crippen LogP contribution in [0.4, 0.5) is 5.13 Å². The van der Waals surface area contributed by atoms with Crippen LogP contribution in [0.25, 0.3) is 10.6 Å². The largest absolute Gasteiger partial charge is 0.298 e. The maximum atomic E-state index is 12.2. The van der Waals surface area contributed by atoms with Crippen molar-refractivity contribution in [3.63, 3.8) is 0 Å². The summed E-state index contributed by atoms with van der Waals surface area (Å²) < 4.78 is 0. The number of hydrogen-bond donors (Lipinski definition) is 1. The quantitative estimate of drug-likeness (QED) is 0.803. The lowest BCUT2D eigenvalue weighted by Crippen LogP contribution is -2.14. The van der Waals surface area contributed by atoms with Crippen molar-refractivity contribution < 1.29 is 4.79 Å². The Morgan fingerprint density at radius 2 is 2.10 bits per heavy atom. The highest BCUT2D eigenvalue weighted by atomic mass is 32.1. The smallest absolute Gasteiger partial charge is 0.259 e. The van der Waals surface area contributed by atoms with Gasteiger partial charge in [-0.05, 0) is 25.1 Å². The number of nitrogens with one attached hydrogen (secondary N) is 1. The molecule has 0 spiro atoms. The van der Waals surface area contributed by atoms with Crippen molar-refractivity contribution in [2.24, 2.45) is 0 Å². The van der Waals surface area contributed by atoms with Crippen LogP contribution in [0.1, 0.15) is 16.1 Å². The third kappa shape index (κ3) is 2.92. The highest BCUT2D eigenvalue weighted by Gasteiger charge is 2.12. The Morgan fingerprint density at radius 3 is 2.86 bits per heavy atom. The molecule has 104 valence electrons. The predicted molar refractivity (Wildman–Crippen MR) is 80.1 cm³/mol. The van der Waals surface area contributed by atoms with E-state index in [-0.39, 0.29) is 5.91 Å². The van der Waals surface area contributed by atoms with Gasteiger partial charge in [-0.1, -0.05) is 17.4 Å². The van der Waals surface area contributed by atoms with Crippen LogP contribution in [0.5, 0.6) is 0 Å². The van der Waals surface area contributed by atoms with Crippen LogP contribution in [-0.4, -0.2) is 26.1 Å². The van der Waals surface area contributed by atoms with Crippen molar-refractivity contribution >= 4 is 22.4 Å². The van der Waals surface area contributed by atoms with Crippen LogP contribution < -0.4 is 5.32 Å². The standard InChI is InChI=1S/C14H11N5OS/c1-9-10(5-7-17-19-9)13(20)18-14-16-8-12(21-14)11-4-2-3-6-15-11/h2-8H,1H3,(H,16,18,20). The average molecular weight is 297 g/mol. The lowest BCUT2D eigenvalue weighted by molar-refractivity contribution is 0.102. The molecule has 7 heteroatoms. The van der Waals surface area contributed by atoms with E-state index in [4.69, 9.17) is 0 Å². The first-order valence-electron chi connectivity index (χ1n) is 6.21. The van der Waals surface area contributed by atoms with E-state index in [2.05, 4.69) is 25.5 Å². The van der Waals surface area contributed by atoms with Crippen molar-refractivity contribution in [1.29, 1.82) is 0 Å². The van der Waals surface area contributed by atoms with Gasteiger partial charge in [0.25, 0.3) is 5.91 Å². The number of hydrogen-bond acceptors (Lipinski definition) is 6. The monoisotopic (exact) mass is 297 g/mol. The van der Waals surface area contributed by atoms with Gasteiger partial charge in [-0.2, -0.15) is 10.2 Å². The Balaban J connectivity index is 1.79. The minimum atomic E-state index is -0.246. The third-order valence-corrected chi connectivity index (χ3v) is 3.73. The lowest BCUT2D eigenvalue weighted by atomic mass is 10.2. The van der Waals surface area contributed by atoms with Gasteiger partial charge in [-0.3, -0.25) is 15.1 Å². The fraction of sp³-hybridized carbons (Fsp3) is 0.0714. The van der Waals surface area contributed by atoms with Crippen molar-refractivity contribution in [2.45, 2.75) is 6.92 Å². The minimum absolute atomic E-state index is 0.246. The van der Waals surface area contributed by atoms with Crippen molar-refractivity contribution in [3.05, 3.63) is 54.1 Å². The second kappa shape index (κ2) is 5.76. The zero-order valence-electron chi connectivity index (χ0n) is 11.1. The summed E-state index contributed by atoms with van der Waals surface area (Å²) >= 11 is 1.37. The van der Waals surface area contributed by atoms with E-state index < -0.39 is 0 Å². The molecule has 0 saturated heterocycles. The molecule has 0 aromatic carbocycles. The Bertz CT molecular complexity index is 772. The molecule has 3 heterocycles. The fourth-order valence-corrected chi connectivity index (χ4v) is 2.55. The summed E-state index contributed by atoms with van der Waals surface area (Å²) in [6, 6.07) is 7.29. The van der Waals surface area contributed by atoms with E-state index in [1.165, 1.54) is 17.5 Å². The lowest BCUT2D eigenvalue weighted by Gasteiger charge is -2.02. The van der Waals surface area contributed by atoms with Crippen LogP contribution in [0.2, 0.25) is 0 Å². The van der Waals surface area contributed by atoms with Gasteiger partial charge in [0.2, 0.25) is 0 Å². The number of thiazole rings is 1. The normalized spacial score (nSPS) is 10.3. The topological polar surface area (TPSA) is 80.7 Å². The zero-order valence-corrected chi connectivity index (χ0v) is 12.0. The van der Waals surface area contributed by atoms with Gasteiger partial charge in [-0.25, -0.2) is 4.98 Å². The summed E-state index contributed by atoms with van der Waals surface area (Å²) in [5, 5.41) is 10.9. The van der Waals surface area contributed by atoms with E-state index in [9.17, 15) is 4.79 Å². The number of aryl methyl sites for hydroxylation is 1. The molecule has 0 aliphatic carbocycles. The Kier molecular flexibility index (Phi) is 3.65. The molecule has 6 nitrogen and oxygen atoms in total. The van der Waals surface area contributed by atoms with Gasteiger partial charge in [0, 0.05) is 12.4 Å². The summed E-state index contributed by atoms with van der Waals surface area (Å²) in [4.78, 5) is 21.5. The molecule has 1 N–H and O–H groups in total. The molecule has 0 unspecified atom stereocenters. The number of rotatable bonds is 3. The summed E-state index contributed by atoms with van der Waals surface area (Å²) in [7, 11) is 0. The molecule has 0 saturated carbocycles. The van der Waals surface area contributed by atoms with Crippen LogP contribution in [0.3, 0.4) is 0 Å². The van der Waals surface area contributed by atoms with E-state index in [1.807, 2.05) is 18.2 Å². The maximum absolute atomic E-state index is 12.2. The highest BCUT2D eigenvalue weighted by Crippen LogP contribution is 2.27. The van der Waals surface area contributed by atoms with Crippen LogP contribution in [-0.2, 0) is 0 Å². The minimum Gasteiger partial charge on any atom is -0.298 e. The first-order valence-corrected chi connectivity index (χ1v) is 7.02. The third-order valence-electron chi connectivity index (χ3n) is 2.79. The SMILES string of the molecule is Cc1nnccc1C(=O)Nc1ncc(-c2ccccn2)s1. The van der Waals surface area contributed by atoms with Crippen molar-refractivity contribution in [2.75, 3.05) is 5.32 Å². The number of pyridine rings is 1. The molecule has 3 rings (SSSR count). The summed E-state index contributed by atoms with van der Waals surface area (Å²) in [5.74, 6) is -0.246. The number of carbonyl (C=O) groups is 1. The molecular formula is C14H11N5OS. The summed E-state index contributed by atoms with van der Waals surface area (Å²) in [5.41, 5.74) is 1.90. The van der Waals surface area contributed by atoms with Gasteiger partial charge in [-0.15, -0.1) is 0 Å². The molecule has 1 amide bonds. The van der Waals surface area contributed by atoms with Crippen LogP contribution in [0, 0.1) is 6.92 Å². The summed E-state index contributed by atoms with van der Waals surface area (Å²) in [6.45, 7) is 1.74. The Hall–Kier alpha value is -2.67. The first-order chi connectivity index (χ1) is 10.2. The maximum Gasteiger partial charge on any atom is 0.259 e. The van der Waals surface area contributed by atoms with E-state index in [0.717, 1.165) is 10.6 Å². The van der Waals surface area contributed by atoms with Gasteiger partial charge >= 0.3 is 0 Å². The number of amides is 1. The van der Waals surface area contributed by atoms with Crippen molar-refractivity contribution in [3.8, 4) is 10.6 Å².